The number of hydrogen-bond donors (Lipinski definition) is 0. The first-order chi connectivity index (χ1) is 13.9. The van der Waals surface area contributed by atoms with Crippen LogP contribution < -0.4 is 0 Å². The zero-order valence-corrected chi connectivity index (χ0v) is 16.3. The lowest BCUT2D eigenvalue weighted by Gasteiger charge is -2.15. The number of rotatable bonds is 3. The summed E-state index contributed by atoms with van der Waals surface area (Å²) in [5, 5.41) is 0.810. The maximum absolute atomic E-state index is 13.5. The molecule has 1 amide bonds. The Morgan fingerprint density at radius 3 is 2.38 bits per heavy atom. The van der Waals surface area contributed by atoms with E-state index in [-0.39, 0.29) is 11.7 Å². The molecule has 0 unspecified atom stereocenters. The molecule has 5 nitrogen and oxygen atoms in total. The molecule has 6 heteroatoms. The molecule has 0 saturated heterocycles. The number of fused-ring (bicyclic) bond motifs is 1. The summed E-state index contributed by atoms with van der Waals surface area (Å²) in [6.07, 6.45) is 3.28. The van der Waals surface area contributed by atoms with Crippen molar-refractivity contribution in [1.82, 2.24) is 19.9 Å². The SMILES string of the molecule is Cc1cccc2c(C(=O)N(C)C)cc(-c3cnc(-c4cccc(F)c4)nc3)nc12. The summed E-state index contributed by atoms with van der Waals surface area (Å²) < 4.78 is 13.5. The predicted molar refractivity (Wildman–Crippen MR) is 111 cm³/mol. The largest absolute Gasteiger partial charge is 0.345 e. The van der Waals surface area contributed by atoms with E-state index < -0.39 is 0 Å². The minimum atomic E-state index is -0.339. The van der Waals surface area contributed by atoms with Crippen LogP contribution in [0.3, 0.4) is 0 Å². The number of benzene rings is 2. The molecule has 2 aromatic carbocycles. The highest BCUT2D eigenvalue weighted by molar-refractivity contribution is 6.07. The van der Waals surface area contributed by atoms with Crippen molar-refractivity contribution < 1.29 is 9.18 Å². The molecule has 0 spiro atoms. The standard InChI is InChI=1S/C23H19FN4O/c1-14-6-4-9-18-19(23(29)28(2)3)11-20(27-21(14)18)16-12-25-22(26-13-16)15-7-5-8-17(24)10-15/h4-13H,1-3H3. The van der Waals surface area contributed by atoms with E-state index in [9.17, 15) is 9.18 Å². The Balaban J connectivity index is 1.83. The second-order valence-electron chi connectivity index (χ2n) is 7.03. The van der Waals surface area contributed by atoms with Crippen molar-refractivity contribution in [2.45, 2.75) is 6.92 Å². The summed E-state index contributed by atoms with van der Waals surface area (Å²) in [7, 11) is 3.45. The van der Waals surface area contributed by atoms with Crippen molar-refractivity contribution in [1.29, 1.82) is 0 Å². The number of carbonyl (C=O) groups excluding carboxylic acids is 1. The fraction of sp³-hybridized carbons (Fsp3) is 0.130. The van der Waals surface area contributed by atoms with Gasteiger partial charge in [-0.1, -0.05) is 30.3 Å². The van der Waals surface area contributed by atoms with Gasteiger partial charge in [-0.3, -0.25) is 4.79 Å². The average Bonchev–Trinajstić information content (AvgIpc) is 2.73. The van der Waals surface area contributed by atoms with E-state index in [1.807, 2.05) is 25.1 Å². The second kappa shape index (κ2) is 7.39. The maximum Gasteiger partial charge on any atom is 0.254 e. The zero-order chi connectivity index (χ0) is 20.5. The van der Waals surface area contributed by atoms with Gasteiger partial charge in [0.1, 0.15) is 5.82 Å². The van der Waals surface area contributed by atoms with Crippen LogP contribution in [0.15, 0.2) is 60.9 Å². The number of aromatic nitrogens is 3. The second-order valence-corrected chi connectivity index (χ2v) is 7.03. The van der Waals surface area contributed by atoms with Gasteiger partial charge >= 0.3 is 0 Å². The minimum absolute atomic E-state index is 0.0958. The Bertz CT molecular complexity index is 1220. The Morgan fingerprint density at radius 1 is 0.966 bits per heavy atom. The maximum atomic E-state index is 13.5. The molecule has 2 heterocycles. The Kier molecular flexibility index (Phi) is 4.76. The molecule has 0 aliphatic rings. The van der Waals surface area contributed by atoms with E-state index in [1.54, 1.807) is 49.6 Å². The zero-order valence-electron chi connectivity index (χ0n) is 16.3. The normalized spacial score (nSPS) is 10.9. The summed E-state index contributed by atoms with van der Waals surface area (Å²) in [5.74, 6) is -0.00922. The van der Waals surface area contributed by atoms with Crippen molar-refractivity contribution in [3.63, 3.8) is 0 Å². The summed E-state index contributed by atoms with van der Waals surface area (Å²) in [6, 6.07) is 13.7. The van der Waals surface area contributed by atoms with Crippen LogP contribution in [0.1, 0.15) is 15.9 Å². The molecular weight excluding hydrogens is 367 g/mol. The number of amides is 1. The van der Waals surface area contributed by atoms with Crippen molar-refractivity contribution in [2.75, 3.05) is 14.1 Å². The first-order valence-corrected chi connectivity index (χ1v) is 9.14. The highest BCUT2D eigenvalue weighted by atomic mass is 19.1. The van der Waals surface area contributed by atoms with Gasteiger partial charge in [-0.2, -0.15) is 0 Å². The molecule has 0 bridgehead atoms. The van der Waals surface area contributed by atoms with E-state index in [0.29, 0.717) is 28.2 Å². The van der Waals surface area contributed by atoms with Crippen LogP contribution >= 0.6 is 0 Å². The lowest BCUT2D eigenvalue weighted by molar-refractivity contribution is 0.0829. The van der Waals surface area contributed by atoms with Crippen molar-refractivity contribution in [2.24, 2.45) is 0 Å². The lowest BCUT2D eigenvalue weighted by Crippen LogP contribution is -2.22. The molecule has 0 saturated carbocycles. The monoisotopic (exact) mass is 386 g/mol. The molecule has 0 aliphatic carbocycles. The summed E-state index contributed by atoms with van der Waals surface area (Å²) in [6.45, 7) is 1.96. The van der Waals surface area contributed by atoms with E-state index >= 15 is 0 Å². The first kappa shape index (κ1) is 18.7. The third-order valence-electron chi connectivity index (χ3n) is 4.71. The van der Waals surface area contributed by atoms with Crippen LogP contribution in [0.5, 0.6) is 0 Å². The van der Waals surface area contributed by atoms with Gasteiger partial charge in [0.15, 0.2) is 5.82 Å². The van der Waals surface area contributed by atoms with E-state index in [4.69, 9.17) is 4.98 Å². The Hall–Kier alpha value is -3.67. The fourth-order valence-corrected chi connectivity index (χ4v) is 3.19. The van der Waals surface area contributed by atoms with E-state index in [2.05, 4.69) is 9.97 Å². The van der Waals surface area contributed by atoms with E-state index in [0.717, 1.165) is 16.5 Å². The van der Waals surface area contributed by atoms with Gasteiger partial charge in [-0.25, -0.2) is 19.3 Å². The van der Waals surface area contributed by atoms with Gasteiger partial charge in [0.2, 0.25) is 0 Å². The number of halogens is 1. The van der Waals surface area contributed by atoms with E-state index in [1.165, 1.54) is 12.1 Å². The summed E-state index contributed by atoms with van der Waals surface area (Å²) >= 11 is 0. The molecule has 0 N–H and O–H groups in total. The highest BCUT2D eigenvalue weighted by Gasteiger charge is 2.17. The molecule has 29 heavy (non-hydrogen) atoms. The van der Waals surface area contributed by atoms with Crippen molar-refractivity contribution in [3.8, 4) is 22.6 Å². The topological polar surface area (TPSA) is 59.0 Å². The first-order valence-electron chi connectivity index (χ1n) is 9.14. The lowest BCUT2D eigenvalue weighted by atomic mass is 10.0. The molecule has 0 radical (unpaired) electrons. The van der Waals surface area contributed by atoms with Crippen LogP contribution in [-0.4, -0.2) is 39.9 Å². The quantitative estimate of drug-likeness (QED) is 0.520. The molecule has 4 rings (SSSR count). The molecule has 0 aliphatic heterocycles. The third kappa shape index (κ3) is 3.57. The van der Waals surface area contributed by atoms with Gasteiger partial charge in [-0.05, 0) is 30.7 Å². The summed E-state index contributed by atoms with van der Waals surface area (Å²) in [5.41, 5.74) is 4.22. The molecule has 0 fully saturated rings. The van der Waals surface area contributed by atoms with Crippen LogP contribution in [0, 0.1) is 12.7 Å². The molecule has 144 valence electrons. The predicted octanol–water partition coefficient (Wildman–Crippen LogP) is 4.51. The average molecular weight is 386 g/mol. The molecule has 2 aromatic heterocycles. The van der Waals surface area contributed by atoms with Gasteiger partial charge in [-0.15, -0.1) is 0 Å². The minimum Gasteiger partial charge on any atom is -0.345 e. The van der Waals surface area contributed by atoms with Gasteiger partial charge in [0, 0.05) is 43.0 Å². The molecule has 4 aromatic rings. The van der Waals surface area contributed by atoms with Gasteiger partial charge in [0.05, 0.1) is 16.8 Å². The smallest absolute Gasteiger partial charge is 0.254 e. The van der Waals surface area contributed by atoms with Crippen LogP contribution in [0.25, 0.3) is 33.5 Å². The molecular formula is C23H19FN4O. The Morgan fingerprint density at radius 2 is 1.69 bits per heavy atom. The van der Waals surface area contributed by atoms with Crippen molar-refractivity contribution >= 4 is 16.8 Å². The van der Waals surface area contributed by atoms with Crippen LogP contribution in [0.4, 0.5) is 4.39 Å². The number of nitrogens with zero attached hydrogens (tertiary/aromatic N) is 4. The van der Waals surface area contributed by atoms with Crippen LogP contribution in [-0.2, 0) is 0 Å². The van der Waals surface area contributed by atoms with Gasteiger partial charge in [0.25, 0.3) is 5.91 Å². The number of hydrogen-bond acceptors (Lipinski definition) is 4. The van der Waals surface area contributed by atoms with Crippen LogP contribution in [0.2, 0.25) is 0 Å². The molecule has 0 atom stereocenters. The fourth-order valence-electron chi connectivity index (χ4n) is 3.19. The third-order valence-corrected chi connectivity index (χ3v) is 4.71. The number of aryl methyl sites for hydroxylation is 1. The van der Waals surface area contributed by atoms with Gasteiger partial charge < -0.3 is 4.90 Å². The van der Waals surface area contributed by atoms with Crippen molar-refractivity contribution in [3.05, 3.63) is 77.9 Å². The summed E-state index contributed by atoms with van der Waals surface area (Å²) in [4.78, 5) is 27.8. The number of para-hydroxylation sites is 1. The number of carbonyl (C=O) groups is 1. The number of pyridine rings is 1. The Labute approximate surface area is 167 Å². The highest BCUT2D eigenvalue weighted by Crippen LogP contribution is 2.27.